The predicted octanol–water partition coefficient (Wildman–Crippen LogP) is 0.440. The lowest BCUT2D eigenvalue weighted by molar-refractivity contribution is 0.0521. The van der Waals surface area contributed by atoms with Crippen molar-refractivity contribution in [2.75, 3.05) is 26.3 Å². The molecule has 78 valence electrons. The first-order chi connectivity index (χ1) is 6.55. The van der Waals surface area contributed by atoms with Crippen LogP contribution in [-0.4, -0.2) is 42.8 Å². The van der Waals surface area contributed by atoms with Gasteiger partial charge in [-0.15, -0.1) is 6.42 Å². The number of ether oxygens (including phenoxy) is 1. The van der Waals surface area contributed by atoms with Gasteiger partial charge in [0.25, 0.3) is 0 Å². The van der Waals surface area contributed by atoms with Crippen molar-refractivity contribution in [2.45, 2.75) is 19.4 Å². The van der Waals surface area contributed by atoms with Gasteiger partial charge in [0.15, 0.2) is 0 Å². The van der Waals surface area contributed by atoms with Gasteiger partial charge in [0, 0.05) is 13.1 Å². The van der Waals surface area contributed by atoms with E-state index in [-0.39, 0.29) is 6.03 Å². The van der Waals surface area contributed by atoms with Crippen molar-refractivity contribution >= 4 is 6.03 Å². The van der Waals surface area contributed by atoms with E-state index in [9.17, 15) is 4.79 Å². The Kier molecular flexibility index (Phi) is 3.37. The average Bonchev–Trinajstić information content (AvgIpc) is 2.19. The molecule has 2 amide bonds. The highest BCUT2D eigenvalue weighted by atomic mass is 16.5. The standard InChI is InChI=1S/C10H16N2O2/c1-4-10(2,3)11-9(13)12-5-7-14-8-6-12/h1H,5-8H2,2-3H3,(H,11,13). The summed E-state index contributed by atoms with van der Waals surface area (Å²) in [5.41, 5.74) is -0.588. The molecule has 0 unspecified atom stereocenters. The lowest BCUT2D eigenvalue weighted by atomic mass is 10.1. The Morgan fingerprint density at radius 1 is 1.50 bits per heavy atom. The van der Waals surface area contributed by atoms with Crippen LogP contribution < -0.4 is 5.32 Å². The molecule has 14 heavy (non-hydrogen) atoms. The molecule has 1 aliphatic rings. The maximum Gasteiger partial charge on any atom is 0.318 e. The van der Waals surface area contributed by atoms with Crippen LogP contribution in [0.15, 0.2) is 0 Å². The molecule has 1 fully saturated rings. The van der Waals surface area contributed by atoms with Gasteiger partial charge in [0.05, 0.1) is 18.8 Å². The van der Waals surface area contributed by atoms with Crippen molar-refractivity contribution in [2.24, 2.45) is 0 Å². The summed E-state index contributed by atoms with van der Waals surface area (Å²) in [7, 11) is 0. The Bertz CT molecular complexity index is 249. The van der Waals surface area contributed by atoms with Crippen LogP contribution in [0.3, 0.4) is 0 Å². The van der Waals surface area contributed by atoms with E-state index < -0.39 is 5.54 Å². The zero-order valence-corrected chi connectivity index (χ0v) is 8.67. The quantitative estimate of drug-likeness (QED) is 0.618. The van der Waals surface area contributed by atoms with Crippen LogP contribution in [0, 0.1) is 12.3 Å². The van der Waals surface area contributed by atoms with Gasteiger partial charge in [-0.1, -0.05) is 5.92 Å². The highest BCUT2D eigenvalue weighted by Gasteiger charge is 2.22. The Balaban J connectivity index is 2.45. The minimum Gasteiger partial charge on any atom is -0.378 e. The van der Waals surface area contributed by atoms with E-state index in [0.717, 1.165) is 0 Å². The molecule has 0 aliphatic carbocycles. The van der Waals surface area contributed by atoms with E-state index in [0.29, 0.717) is 26.3 Å². The first kappa shape index (κ1) is 10.9. The van der Waals surface area contributed by atoms with Crippen LogP contribution in [-0.2, 0) is 4.74 Å². The fourth-order valence-electron chi connectivity index (χ4n) is 1.15. The molecule has 0 spiro atoms. The van der Waals surface area contributed by atoms with E-state index >= 15 is 0 Å². The van der Waals surface area contributed by atoms with E-state index in [1.54, 1.807) is 18.7 Å². The minimum atomic E-state index is -0.588. The molecule has 1 rings (SSSR count). The highest BCUT2D eigenvalue weighted by Crippen LogP contribution is 2.03. The van der Waals surface area contributed by atoms with Crippen LogP contribution in [0.1, 0.15) is 13.8 Å². The first-order valence-corrected chi connectivity index (χ1v) is 4.68. The minimum absolute atomic E-state index is 0.115. The lowest BCUT2D eigenvalue weighted by Crippen LogP contribution is -2.52. The van der Waals surface area contributed by atoms with E-state index in [4.69, 9.17) is 11.2 Å². The summed E-state index contributed by atoms with van der Waals surface area (Å²) in [5.74, 6) is 2.52. The number of nitrogens with one attached hydrogen (secondary N) is 1. The molecule has 1 aliphatic heterocycles. The highest BCUT2D eigenvalue weighted by molar-refractivity contribution is 5.75. The third-order valence-electron chi connectivity index (χ3n) is 2.08. The summed E-state index contributed by atoms with van der Waals surface area (Å²) in [6.07, 6.45) is 5.28. The van der Waals surface area contributed by atoms with Crippen molar-refractivity contribution < 1.29 is 9.53 Å². The maximum absolute atomic E-state index is 11.6. The molecule has 0 atom stereocenters. The van der Waals surface area contributed by atoms with E-state index in [2.05, 4.69) is 11.2 Å². The normalized spacial score (nSPS) is 17.4. The molecule has 1 N–H and O–H groups in total. The van der Waals surface area contributed by atoms with Crippen molar-refractivity contribution in [3.05, 3.63) is 0 Å². The third-order valence-corrected chi connectivity index (χ3v) is 2.08. The largest absolute Gasteiger partial charge is 0.378 e. The Morgan fingerprint density at radius 3 is 2.57 bits per heavy atom. The Morgan fingerprint density at radius 2 is 2.07 bits per heavy atom. The number of terminal acetylenes is 1. The zero-order chi connectivity index (χ0) is 10.6. The molecule has 0 bridgehead atoms. The van der Waals surface area contributed by atoms with Gasteiger partial charge in [-0.2, -0.15) is 0 Å². The second kappa shape index (κ2) is 4.34. The number of urea groups is 1. The fraction of sp³-hybridized carbons (Fsp3) is 0.700. The topological polar surface area (TPSA) is 41.6 Å². The molecule has 0 aromatic carbocycles. The molecule has 0 saturated carbocycles. The number of carbonyl (C=O) groups is 1. The Hall–Kier alpha value is -1.21. The number of amides is 2. The van der Waals surface area contributed by atoms with Crippen molar-refractivity contribution in [3.63, 3.8) is 0 Å². The molecule has 4 heteroatoms. The van der Waals surface area contributed by atoms with Crippen molar-refractivity contribution in [1.29, 1.82) is 0 Å². The average molecular weight is 196 g/mol. The summed E-state index contributed by atoms with van der Waals surface area (Å²) in [6.45, 7) is 6.06. The van der Waals surface area contributed by atoms with Crippen molar-refractivity contribution in [1.82, 2.24) is 10.2 Å². The van der Waals surface area contributed by atoms with E-state index in [1.165, 1.54) is 0 Å². The summed E-state index contributed by atoms with van der Waals surface area (Å²) >= 11 is 0. The smallest absolute Gasteiger partial charge is 0.318 e. The van der Waals surface area contributed by atoms with Gasteiger partial charge in [0.2, 0.25) is 0 Å². The summed E-state index contributed by atoms with van der Waals surface area (Å²) < 4.78 is 5.14. The summed E-state index contributed by atoms with van der Waals surface area (Å²) in [6, 6.07) is -0.115. The van der Waals surface area contributed by atoms with Gasteiger partial charge in [-0.25, -0.2) is 4.79 Å². The summed E-state index contributed by atoms with van der Waals surface area (Å²) in [5, 5.41) is 2.77. The van der Waals surface area contributed by atoms with Crippen LogP contribution in [0.2, 0.25) is 0 Å². The SMILES string of the molecule is C#CC(C)(C)NC(=O)N1CCOCC1. The fourth-order valence-corrected chi connectivity index (χ4v) is 1.15. The van der Waals surface area contributed by atoms with Crippen LogP contribution in [0.5, 0.6) is 0 Å². The number of carbonyl (C=O) groups excluding carboxylic acids is 1. The predicted molar refractivity (Wildman–Crippen MR) is 53.8 cm³/mol. The van der Waals surface area contributed by atoms with E-state index in [1.807, 2.05) is 0 Å². The molecule has 4 nitrogen and oxygen atoms in total. The Labute approximate surface area is 84.6 Å². The van der Waals surface area contributed by atoms with Crippen molar-refractivity contribution in [3.8, 4) is 12.3 Å². The van der Waals surface area contributed by atoms with Crippen LogP contribution >= 0.6 is 0 Å². The molecule has 0 radical (unpaired) electrons. The second-order valence-electron chi connectivity index (χ2n) is 3.80. The van der Waals surface area contributed by atoms with Crippen LogP contribution in [0.4, 0.5) is 4.79 Å². The molecule has 0 aromatic heterocycles. The third kappa shape index (κ3) is 2.93. The van der Waals surface area contributed by atoms with Gasteiger partial charge in [-0.3, -0.25) is 0 Å². The molecular weight excluding hydrogens is 180 g/mol. The van der Waals surface area contributed by atoms with Gasteiger partial charge in [-0.05, 0) is 13.8 Å². The second-order valence-corrected chi connectivity index (χ2v) is 3.80. The summed E-state index contributed by atoms with van der Waals surface area (Å²) in [4.78, 5) is 13.3. The molecule has 1 heterocycles. The monoisotopic (exact) mass is 196 g/mol. The first-order valence-electron chi connectivity index (χ1n) is 4.68. The lowest BCUT2D eigenvalue weighted by Gasteiger charge is -2.30. The number of rotatable bonds is 1. The van der Waals surface area contributed by atoms with Gasteiger partial charge in [0.1, 0.15) is 0 Å². The van der Waals surface area contributed by atoms with Gasteiger partial charge < -0.3 is 15.0 Å². The number of morpholine rings is 1. The zero-order valence-electron chi connectivity index (χ0n) is 8.67. The maximum atomic E-state index is 11.6. The molecule has 0 aromatic rings. The number of hydrogen-bond acceptors (Lipinski definition) is 2. The molecule has 1 saturated heterocycles. The number of hydrogen-bond donors (Lipinski definition) is 1. The van der Waals surface area contributed by atoms with Gasteiger partial charge >= 0.3 is 6.03 Å². The molecular formula is C10H16N2O2. The number of nitrogens with zero attached hydrogens (tertiary/aromatic N) is 1. The van der Waals surface area contributed by atoms with Crippen LogP contribution in [0.25, 0.3) is 0 Å².